The molecule has 68 heavy (non-hydrogen) atoms. The lowest BCUT2D eigenvalue weighted by Gasteiger charge is -2.15. The predicted octanol–water partition coefficient (Wildman–Crippen LogP) is 15.9. The summed E-state index contributed by atoms with van der Waals surface area (Å²) in [5.41, 5.74) is 15.7. The topological polar surface area (TPSA) is 69.6 Å². The summed E-state index contributed by atoms with van der Waals surface area (Å²) in [6.45, 7) is 0. The Balaban J connectivity index is 1.07. The van der Waals surface area contributed by atoms with Crippen molar-refractivity contribution in [2.75, 3.05) is 0 Å². The molecule has 0 fully saturated rings. The third kappa shape index (κ3) is 6.74. The van der Waals surface area contributed by atoms with Crippen LogP contribution in [-0.2, 0) is 0 Å². The van der Waals surface area contributed by atoms with Crippen molar-refractivity contribution in [3.63, 3.8) is 0 Å². The molecule has 0 bridgehead atoms. The predicted molar refractivity (Wildman–Crippen MR) is 277 cm³/mol. The normalized spacial score (nSPS) is 11.5. The van der Waals surface area contributed by atoms with Gasteiger partial charge >= 0.3 is 0 Å². The smallest absolute Gasteiger partial charge is 0.166 e. The van der Waals surface area contributed by atoms with Crippen molar-refractivity contribution in [3.8, 4) is 84.5 Å². The highest BCUT2D eigenvalue weighted by atomic mass is 16.3. The first-order chi connectivity index (χ1) is 33.7. The lowest BCUT2D eigenvalue weighted by atomic mass is 9.91. The molecule has 0 aliphatic heterocycles. The summed E-state index contributed by atoms with van der Waals surface area (Å²) in [6.07, 6.45) is 1.98. The minimum absolute atomic E-state index is 0.523. The number of benzene rings is 9. The van der Waals surface area contributed by atoms with Gasteiger partial charge in [0.1, 0.15) is 11.2 Å². The zero-order valence-electron chi connectivity index (χ0n) is 36.7. The molecule has 6 nitrogen and oxygen atoms in total. The molecule has 0 saturated carbocycles. The van der Waals surface area contributed by atoms with Gasteiger partial charge in [-0.15, -0.1) is 0 Å². The molecule has 0 aliphatic rings. The van der Waals surface area contributed by atoms with Crippen molar-refractivity contribution in [1.82, 2.24) is 24.5 Å². The molecule has 4 aromatic heterocycles. The van der Waals surface area contributed by atoms with Gasteiger partial charge in [0.25, 0.3) is 0 Å². The Hall–Kier alpha value is -9.26. The van der Waals surface area contributed by atoms with Crippen molar-refractivity contribution < 1.29 is 4.42 Å². The molecule has 0 radical (unpaired) electrons. The van der Waals surface area contributed by atoms with E-state index in [1.165, 1.54) is 5.39 Å². The minimum atomic E-state index is 0.523. The quantitative estimate of drug-likeness (QED) is 0.152. The van der Waals surface area contributed by atoms with Gasteiger partial charge in [0, 0.05) is 55.9 Å². The maximum Gasteiger partial charge on any atom is 0.166 e. The van der Waals surface area contributed by atoms with Gasteiger partial charge in [-0.2, -0.15) is 0 Å². The van der Waals surface area contributed by atoms with Gasteiger partial charge in [0.15, 0.2) is 17.5 Å². The lowest BCUT2D eigenvalue weighted by Crippen LogP contribution is -2.02. The number of aromatic nitrogens is 5. The molecule has 0 amide bonds. The molecular formula is C62H39N5O. The van der Waals surface area contributed by atoms with Gasteiger partial charge in [0.2, 0.25) is 0 Å². The van der Waals surface area contributed by atoms with Crippen LogP contribution in [0.2, 0.25) is 0 Å². The summed E-state index contributed by atoms with van der Waals surface area (Å²) >= 11 is 0. The number of rotatable bonds is 8. The van der Waals surface area contributed by atoms with Crippen molar-refractivity contribution in [2.24, 2.45) is 0 Å². The molecule has 4 heterocycles. The summed E-state index contributed by atoms with van der Waals surface area (Å²) in [5.74, 6) is 1.68. The average molecular weight is 870 g/mol. The van der Waals surface area contributed by atoms with E-state index in [1.807, 2.05) is 66.9 Å². The van der Waals surface area contributed by atoms with E-state index in [0.29, 0.717) is 17.5 Å². The van der Waals surface area contributed by atoms with Crippen molar-refractivity contribution in [1.29, 1.82) is 0 Å². The third-order valence-corrected chi connectivity index (χ3v) is 12.9. The van der Waals surface area contributed by atoms with Gasteiger partial charge in [-0.25, -0.2) is 15.0 Å². The van der Waals surface area contributed by atoms with E-state index in [9.17, 15) is 0 Å². The SMILES string of the molecule is c1ccc(-c2nc(-c3ccccc3)nc(-c3cc(-c4ccc(-c5ccccc5)c(-c5ccccc5)c4)cnc3-c3ccc4oc5ccc6c7ccccc7n(-c7ccccc7)c6c5c4c3)n2)cc1. The van der Waals surface area contributed by atoms with E-state index >= 15 is 0 Å². The minimum Gasteiger partial charge on any atom is -0.456 e. The Morgan fingerprint density at radius 3 is 1.56 bits per heavy atom. The number of para-hydroxylation sites is 2. The molecule has 13 aromatic rings. The van der Waals surface area contributed by atoms with Crippen LogP contribution in [0.1, 0.15) is 0 Å². The molecule has 318 valence electrons. The van der Waals surface area contributed by atoms with Crippen LogP contribution >= 0.6 is 0 Å². The number of hydrogen-bond acceptors (Lipinski definition) is 5. The van der Waals surface area contributed by atoms with E-state index in [2.05, 4.69) is 174 Å². The molecule has 9 aromatic carbocycles. The van der Waals surface area contributed by atoms with Crippen molar-refractivity contribution in [3.05, 3.63) is 237 Å². The van der Waals surface area contributed by atoms with Crippen LogP contribution in [0.5, 0.6) is 0 Å². The Bertz CT molecular complexity index is 3940. The van der Waals surface area contributed by atoms with E-state index in [4.69, 9.17) is 24.4 Å². The summed E-state index contributed by atoms with van der Waals surface area (Å²) in [4.78, 5) is 21.0. The molecular weight excluding hydrogens is 831 g/mol. The van der Waals surface area contributed by atoms with Crippen LogP contribution < -0.4 is 0 Å². The first-order valence-electron chi connectivity index (χ1n) is 22.8. The second-order valence-corrected chi connectivity index (χ2v) is 17.0. The van der Waals surface area contributed by atoms with E-state index in [-0.39, 0.29) is 0 Å². The molecule has 0 saturated heterocycles. The number of nitrogens with zero attached hydrogens (tertiary/aromatic N) is 5. The van der Waals surface area contributed by atoms with Crippen molar-refractivity contribution >= 4 is 43.7 Å². The maximum atomic E-state index is 6.68. The second-order valence-electron chi connectivity index (χ2n) is 17.0. The van der Waals surface area contributed by atoms with Crippen molar-refractivity contribution in [2.45, 2.75) is 0 Å². The molecule has 6 heteroatoms. The monoisotopic (exact) mass is 869 g/mol. The summed E-state index contributed by atoms with van der Waals surface area (Å²) in [5, 5.41) is 4.38. The zero-order valence-corrected chi connectivity index (χ0v) is 36.7. The van der Waals surface area contributed by atoms with E-state index < -0.39 is 0 Å². The number of pyridine rings is 1. The Kier molecular flexibility index (Phi) is 9.39. The van der Waals surface area contributed by atoms with Gasteiger partial charge < -0.3 is 8.98 Å². The standard InChI is InChI=1S/C62H39N5O/c1-6-18-40(19-7-1)48-32-30-44(36-51(48)41-20-8-2-9-21-41)46-38-53(62-65-60(42-22-10-3-11-23-42)64-61(66-62)43-24-12-4-13-25-43)58(63-39-46)45-31-34-55-52(37-45)57-56(68-55)35-33-50-49-28-16-17-29-54(49)67(59(50)57)47-26-14-5-15-27-47/h1-39H. The Morgan fingerprint density at radius 1 is 0.338 bits per heavy atom. The highest BCUT2D eigenvalue weighted by molar-refractivity contribution is 6.25. The first-order valence-corrected chi connectivity index (χ1v) is 22.8. The molecule has 13 rings (SSSR count). The summed E-state index contributed by atoms with van der Waals surface area (Å²) in [6, 6.07) is 80.1. The fraction of sp³-hybridized carbons (Fsp3) is 0. The van der Waals surface area contributed by atoms with E-state index in [0.717, 1.165) is 105 Å². The number of hydrogen-bond donors (Lipinski definition) is 0. The average Bonchev–Trinajstić information content (AvgIpc) is 3.97. The lowest BCUT2D eigenvalue weighted by molar-refractivity contribution is 0.669. The third-order valence-electron chi connectivity index (χ3n) is 12.9. The number of fused-ring (bicyclic) bond motifs is 7. The number of furan rings is 1. The van der Waals surface area contributed by atoms with Crippen LogP contribution in [0, 0.1) is 0 Å². The molecule has 0 unspecified atom stereocenters. The summed E-state index contributed by atoms with van der Waals surface area (Å²) in [7, 11) is 0. The molecule has 0 spiro atoms. The molecule has 0 aliphatic carbocycles. The zero-order chi connectivity index (χ0) is 45.0. The van der Waals surface area contributed by atoms with Crippen LogP contribution in [0.15, 0.2) is 241 Å². The van der Waals surface area contributed by atoms with Crippen LogP contribution in [0.25, 0.3) is 128 Å². The molecule has 0 N–H and O–H groups in total. The fourth-order valence-corrected chi connectivity index (χ4v) is 9.71. The van der Waals surface area contributed by atoms with Gasteiger partial charge in [-0.05, 0) is 88.5 Å². The van der Waals surface area contributed by atoms with Crippen LogP contribution in [-0.4, -0.2) is 24.5 Å². The maximum absolute atomic E-state index is 6.68. The Labute approximate surface area is 392 Å². The highest BCUT2D eigenvalue weighted by Gasteiger charge is 2.23. The fourth-order valence-electron chi connectivity index (χ4n) is 9.71. The van der Waals surface area contributed by atoms with Gasteiger partial charge in [-0.1, -0.05) is 170 Å². The first kappa shape index (κ1) is 39.1. The van der Waals surface area contributed by atoms with Gasteiger partial charge in [-0.3, -0.25) is 4.98 Å². The Morgan fingerprint density at radius 2 is 0.882 bits per heavy atom. The van der Waals surface area contributed by atoms with Gasteiger partial charge in [0.05, 0.1) is 22.1 Å². The van der Waals surface area contributed by atoms with Crippen LogP contribution in [0.4, 0.5) is 0 Å². The second kappa shape index (κ2) is 16.3. The summed E-state index contributed by atoms with van der Waals surface area (Å²) < 4.78 is 9.04. The van der Waals surface area contributed by atoms with Crippen LogP contribution in [0.3, 0.4) is 0 Å². The molecule has 0 atom stereocenters. The highest BCUT2D eigenvalue weighted by Crippen LogP contribution is 2.44. The van der Waals surface area contributed by atoms with E-state index in [1.54, 1.807) is 0 Å². The largest absolute Gasteiger partial charge is 0.456 e.